The second kappa shape index (κ2) is 5.77. The van der Waals surface area contributed by atoms with E-state index in [-0.39, 0.29) is 24.0 Å². The van der Waals surface area contributed by atoms with Crippen molar-refractivity contribution in [1.29, 1.82) is 0 Å². The zero-order chi connectivity index (χ0) is 13.9. The lowest BCUT2D eigenvalue weighted by molar-refractivity contribution is -0.136. The zero-order valence-corrected chi connectivity index (χ0v) is 11.0. The van der Waals surface area contributed by atoms with Gasteiger partial charge in [0.1, 0.15) is 11.9 Å². The number of aromatic nitrogens is 2. The Morgan fingerprint density at radius 2 is 2.11 bits per heavy atom. The van der Waals surface area contributed by atoms with Crippen LogP contribution in [0.4, 0.5) is 0 Å². The first-order valence-electron chi connectivity index (χ1n) is 5.71. The minimum absolute atomic E-state index is 0.155. The quantitative estimate of drug-likeness (QED) is 0.819. The maximum Gasteiger partial charge on any atom is 0.308 e. The number of carboxylic acids is 1. The predicted molar refractivity (Wildman–Crippen MR) is 65.5 cm³/mol. The molecule has 6 heteroatoms. The molecule has 0 aliphatic heterocycles. The van der Waals surface area contributed by atoms with E-state index in [9.17, 15) is 9.59 Å². The van der Waals surface area contributed by atoms with E-state index in [2.05, 4.69) is 9.97 Å². The maximum absolute atomic E-state index is 11.8. The molecule has 18 heavy (non-hydrogen) atoms. The molecule has 0 aliphatic rings. The molecule has 1 aromatic rings. The largest absolute Gasteiger partial charge is 0.481 e. The molecule has 0 fully saturated rings. The molecule has 0 aliphatic carbocycles. The third-order valence-electron chi connectivity index (χ3n) is 2.70. The lowest BCUT2D eigenvalue weighted by atomic mass is 10.1. The number of ether oxygens (including phenoxy) is 1. The van der Waals surface area contributed by atoms with Crippen molar-refractivity contribution in [3.63, 3.8) is 0 Å². The minimum atomic E-state index is -1.05. The van der Waals surface area contributed by atoms with Crippen LogP contribution in [0.3, 0.4) is 0 Å². The molecule has 0 radical (unpaired) electrons. The number of nitrogens with one attached hydrogen (secondary N) is 1. The Labute approximate surface area is 105 Å². The molecule has 0 saturated carbocycles. The van der Waals surface area contributed by atoms with E-state index >= 15 is 0 Å². The first kappa shape index (κ1) is 14.4. The number of methoxy groups -OCH3 is 1. The van der Waals surface area contributed by atoms with Crippen LogP contribution in [0.25, 0.3) is 0 Å². The van der Waals surface area contributed by atoms with Crippen molar-refractivity contribution in [3.05, 3.63) is 27.4 Å². The highest BCUT2D eigenvalue weighted by Gasteiger charge is 2.20. The highest BCUT2D eigenvalue weighted by Crippen LogP contribution is 2.21. The van der Waals surface area contributed by atoms with Gasteiger partial charge in [0.15, 0.2) is 0 Å². The number of carbonyl (C=O) groups is 1. The van der Waals surface area contributed by atoms with E-state index in [4.69, 9.17) is 9.84 Å². The molecule has 1 heterocycles. The van der Waals surface area contributed by atoms with Gasteiger partial charge in [0.2, 0.25) is 0 Å². The Morgan fingerprint density at radius 3 is 2.50 bits per heavy atom. The third-order valence-corrected chi connectivity index (χ3v) is 2.70. The van der Waals surface area contributed by atoms with Crippen LogP contribution in [-0.4, -0.2) is 28.2 Å². The van der Waals surface area contributed by atoms with Gasteiger partial charge in [-0.25, -0.2) is 4.98 Å². The normalized spacial score (nSPS) is 12.7. The fourth-order valence-corrected chi connectivity index (χ4v) is 1.83. The molecule has 1 rings (SSSR count). The molecular formula is C12H18N2O4. The van der Waals surface area contributed by atoms with Crippen LogP contribution >= 0.6 is 0 Å². The Kier molecular flexibility index (Phi) is 4.61. The van der Waals surface area contributed by atoms with Crippen LogP contribution in [0.2, 0.25) is 0 Å². The van der Waals surface area contributed by atoms with E-state index in [0.717, 1.165) is 0 Å². The molecule has 0 aromatic carbocycles. The fraction of sp³-hybridized carbons (Fsp3) is 0.583. The zero-order valence-electron chi connectivity index (χ0n) is 11.0. The Morgan fingerprint density at radius 1 is 1.50 bits per heavy atom. The molecule has 100 valence electrons. The van der Waals surface area contributed by atoms with Gasteiger partial charge >= 0.3 is 5.97 Å². The first-order chi connectivity index (χ1) is 8.36. The average Bonchev–Trinajstić information content (AvgIpc) is 2.23. The molecule has 0 bridgehead atoms. The van der Waals surface area contributed by atoms with Crippen molar-refractivity contribution in [2.45, 2.75) is 33.3 Å². The Hall–Kier alpha value is -1.69. The van der Waals surface area contributed by atoms with Crippen molar-refractivity contribution in [3.8, 4) is 0 Å². The molecule has 2 N–H and O–H groups in total. The van der Waals surface area contributed by atoms with Gasteiger partial charge in [0, 0.05) is 18.4 Å². The Bertz CT molecular complexity index is 493. The monoisotopic (exact) mass is 254 g/mol. The minimum Gasteiger partial charge on any atom is -0.481 e. The van der Waals surface area contributed by atoms with Crippen LogP contribution in [0.1, 0.15) is 37.0 Å². The second-order valence-electron chi connectivity index (χ2n) is 4.49. The van der Waals surface area contributed by atoms with Gasteiger partial charge in [-0.2, -0.15) is 0 Å². The van der Waals surface area contributed by atoms with E-state index in [1.165, 1.54) is 0 Å². The Balaban J connectivity index is 3.21. The number of nitrogens with zero attached hydrogens (tertiary/aromatic N) is 1. The first-order valence-corrected chi connectivity index (χ1v) is 5.71. The van der Waals surface area contributed by atoms with Crippen LogP contribution in [0, 0.1) is 12.8 Å². The van der Waals surface area contributed by atoms with Crippen LogP contribution in [0.5, 0.6) is 0 Å². The van der Waals surface area contributed by atoms with Crippen molar-refractivity contribution in [2.24, 2.45) is 5.92 Å². The number of rotatable bonds is 5. The van der Waals surface area contributed by atoms with E-state index < -0.39 is 11.5 Å². The second-order valence-corrected chi connectivity index (χ2v) is 4.49. The van der Waals surface area contributed by atoms with Gasteiger partial charge < -0.3 is 14.8 Å². The van der Waals surface area contributed by atoms with E-state index in [0.29, 0.717) is 11.5 Å². The van der Waals surface area contributed by atoms with Gasteiger partial charge in [0.05, 0.1) is 6.42 Å². The summed E-state index contributed by atoms with van der Waals surface area (Å²) in [4.78, 5) is 29.3. The van der Waals surface area contributed by atoms with Crippen molar-refractivity contribution in [1.82, 2.24) is 9.97 Å². The van der Waals surface area contributed by atoms with Crippen LogP contribution in [-0.2, 0) is 16.0 Å². The third kappa shape index (κ3) is 3.16. The van der Waals surface area contributed by atoms with Gasteiger partial charge in [0.25, 0.3) is 5.56 Å². The highest BCUT2D eigenvalue weighted by atomic mass is 16.5. The smallest absolute Gasteiger partial charge is 0.308 e. The van der Waals surface area contributed by atoms with Crippen molar-refractivity contribution in [2.75, 3.05) is 7.11 Å². The number of aromatic amines is 1. The topological polar surface area (TPSA) is 92.3 Å². The SMILES string of the molecule is COC(c1nc(C)c(CC(=O)O)c(=O)[nH]1)C(C)C. The standard InChI is InChI=1S/C12H18N2O4/c1-6(2)10(18-4)11-13-7(3)8(5-9(15)16)12(17)14-11/h6,10H,5H2,1-4H3,(H,15,16)(H,13,14,17). The maximum atomic E-state index is 11.8. The number of aryl methyl sites for hydroxylation is 1. The summed E-state index contributed by atoms with van der Waals surface area (Å²) < 4.78 is 5.28. The number of aliphatic carboxylic acids is 1. The molecule has 0 amide bonds. The molecule has 1 aromatic heterocycles. The molecule has 0 spiro atoms. The van der Waals surface area contributed by atoms with Gasteiger partial charge in [-0.05, 0) is 12.8 Å². The van der Waals surface area contributed by atoms with Crippen LogP contribution in [0.15, 0.2) is 4.79 Å². The van der Waals surface area contributed by atoms with Gasteiger partial charge in [-0.1, -0.05) is 13.8 Å². The molecule has 6 nitrogen and oxygen atoms in total. The summed E-state index contributed by atoms with van der Waals surface area (Å²) in [5, 5.41) is 8.72. The summed E-state index contributed by atoms with van der Waals surface area (Å²) in [5.41, 5.74) is 0.200. The molecular weight excluding hydrogens is 236 g/mol. The highest BCUT2D eigenvalue weighted by molar-refractivity contribution is 5.70. The van der Waals surface area contributed by atoms with E-state index in [1.807, 2.05) is 13.8 Å². The van der Waals surface area contributed by atoms with Gasteiger partial charge in [-0.15, -0.1) is 0 Å². The molecule has 1 atom stereocenters. The summed E-state index contributed by atoms with van der Waals surface area (Å²) in [6.07, 6.45) is -0.636. The fourth-order valence-electron chi connectivity index (χ4n) is 1.83. The molecule has 1 unspecified atom stereocenters. The lowest BCUT2D eigenvalue weighted by Crippen LogP contribution is -2.24. The summed E-state index contributed by atoms with van der Waals surface area (Å²) in [7, 11) is 1.55. The van der Waals surface area contributed by atoms with Crippen LogP contribution < -0.4 is 5.56 Å². The summed E-state index contributed by atoms with van der Waals surface area (Å²) in [6.45, 7) is 5.54. The number of hydrogen-bond acceptors (Lipinski definition) is 4. The predicted octanol–water partition coefficient (Wildman–Crippen LogP) is 1.05. The summed E-state index contributed by atoms with van der Waals surface area (Å²) >= 11 is 0. The number of H-pyrrole nitrogens is 1. The number of carboxylic acid groups (broad SMARTS) is 1. The summed E-state index contributed by atoms with van der Waals surface area (Å²) in [6, 6.07) is 0. The van der Waals surface area contributed by atoms with Crippen molar-refractivity contribution >= 4 is 5.97 Å². The molecule has 0 saturated heterocycles. The van der Waals surface area contributed by atoms with Gasteiger partial charge in [-0.3, -0.25) is 9.59 Å². The number of hydrogen-bond donors (Lipinski definition) is 2. The van der Waals surface area contributed by atoms with E-state index in [1.54, 1.807) is 14.0 Å². The summed E-state index contributed by atoms with van der Waals surface area (Å²) in [5.74, 6) is -0.461. The average molecular weight is 254 g/mol. The van der Waals surface area contributed by atoms with Crippen molar-refractivity contribution < 1.29 is 14.6 Å². The lowest BCUT2D eigenvalue weighted by Gasteiger charge is -2.18.